The molecule has 0 amide bonds. The summed E-state index contributed by atoms with van der Waals surface area (Å²) in [4.78, 5) is 14.6. The lowest BCUT2D eigenvalue weighted by atomic mass is 9.92. The second-order valence-electron chi connectivity index (χ2n) is 5.01. The van der Waals surface area contributed by atoms with E-state index in [1.54, 1.807) is 0 Å². The van der Waals surface area contributed by atoms with Crippen molar-refractivity contribution in [3.63, 3.8) is 0 Å². The molecule has 2 aliphatic rings. The fraction of sp³-hybridized carbons (Fsp3) is 0.923. The van der Waals surface area contributed by atoms with E-state index in [0.717, 1.165) is 25.9 Å². The normalized spacial score (nSPS) is 24.1. The zero-order valence-corrected chi connectivity index (χ0v) is 11.6. The quantitative estimate of drug-likeness (QED) is 0.732. The molecular formula is C13H24ClNO2. The van der Waals surface area contributed by atoms with Crippen molar-refractivity contribution < 1.29 is 9.53 Å². The van der Waals surface area contributed by atoms with Gasteiger partial charge in [0.2, 0.25) is 0 Å². The van der Waals surface area contributed by atoms with Crippen LogP contribution in [-0.4, -0.2) is 36.1 Å². The lowest BCUT2D eigenvalue weighted by Gasteiger charge is -2.41. The minimum Gasteiger partial charge on any atom is -0.465 e. The number of halogens is 1. The van der Waals surface area contributed by atoms with E-state index in [0.29, 0.717) is 6.61 Å². The van der Waals surface area contributed by atoms with Crippen molar-refractivity contribution in [1.29, 1.82) is 0 Å². The zero-order chi connectivity index (χ0) is 11.4. The number of likely N-dealkylation sites (tertiary alicyclic amines) is 1. The Morgan fingerprint density at radius 1 is 1.12 bits per heavy atom. The van der Waals surface area contributed by atoms with Gasteiger partial charge < -0.3 is 4.74 Å². The van der Waals surface area contributed by atoms with Crippen LogP contribution in [0.2, 0.25) is 0 Å². The summed E-state index contributed by atoms with van der Waals surface area (Å²) in [5, 5.41) is 0. The van der Waals surface area contributed by atoms with Crippen molar-refractivity contribution in [3.05, 3.63) is 0 Å². The third-order valence-electron chi connectivity index (χ3n) is 4.05. The monoisotopic (exact) mass is 261 g/mol. The summed E-state index contributed by atoms with van der Waals surface area (Å²) in [5.74, 6) is 0.0365. The number of esters is 1. The topological polar surface area (TPSA) is 29.5 Å². The highest BCUT2D eigenvalue weighted by Gasteiger charge is 2.47. The second-order valence-corrected chi connectivity index (χ2v) is 5.01. The fourth-order valence-electron chi connectivity index (χ4n) is 3.20. The van der Waals surface area contributed by atoms with Crippen LogP contribution in [0.1, 0.15) is 51.9 Å². The van der Waals surface area contributed by atoms with Crippen LogP contribution in [0.3, 0.4) is 0 Å². The van der Waals surface area contributed by atoms with Crippen molar-refractivity contribution in [2.75, 3.05) is 19.7 Å². The van der Waals surface area contributed by atoms with Gasteiger partial charge >= 0.3 is 5.97 Å². The van der Waals surface area contributed by atoms with Crippen LogP contribution in [0.25, 0.3) is 0 Å². The highest BCUT2D eigenvalue weighted by Crippen LogP contribution is 2.38. The van der Waals surface area contributed by atoms with Crippen LogP contribution in [0.5, 0.6) is 0 Å². The molecule has 0 aromatic rings. The molecule has 2 rings (SSSR count). The highest BCUT2D eigenvalue weighted by atomic mass is 35.5. The zero-order valence-electron chi connectivity index (χ0n) is 10.7. The molecule has 1 aliphatic carbocycles. The summed E-state index contributed by atoms with van der Waals surface area (Å²) in [5.41, 5.74) is -0.254. The molecule has 4 heteroatoms. The third-order valence-corrected chi connectivity index (χ3v) is 4.05. The highest BCUT2D eigenvalue weighted by molar-refractivity contribution is 5.85. The van der Waals surface area contributed by atoms with Gasteiger partial charge in [0.05, 0.1) is 6.61 Å². The molecule has 17 heavy (non-hydrogen) atoms. The number of nitrogens with zero attached hydrogens (tertiary/aromatic N) is 1. The smallest absolute Gasteiger partial charge is 0.326 e. The Kier molecular flexibility index (Phi) is 5.74. The van der Waals surface area contributed by atoms with Gasteiger partial charge in [-0.15, -0.1) is 12.4 Å². The van der Waals surface area contributed by atoms with E-state index in [9.17, 15) is 4.79 Å². The van der Waals surface area contributed by atoms with Crippen LogP contribution in [0, 0.1) is 0 Å². The molecule has 0 radical (unpaired) electrons. The van der Waals surface area contributed by atoms with E-state index in [2.05, 4.69) is 4.90 Å². The molecule has 3 nitrogen and oxygen atoms in total. The van der Waals surface area contributed by atoms with Crippen LogP contribution in [0.4, 0.5) is 0 Å². The summed E-state index contributed by atoms with van der Waals surface area (Å²) in [7, 11) is 0. The molecule has 1 saturated heterocycles. The van der Waals surface area contributed by atoms with E-state index in [-0.39, 0.29) is 23.9 Å². The molecule has 2 fully saturated rings. The lowest BCUT2D eigenvalue weighted by molar-refractivity contribution is -0.158. The largest absolute Gasteiger partial charge is 0.465 e. The molecule has 1 aliphatic heterocycles. The van der Waals surface area contributed by atoms with Gasteiger partial charge in [-0.3, -0.25) is 9.69 Å². The van der Waals surface area contributed by atoms with E-state index < -0.39 is 0 Å². The maximum absolute atomic E-state index is 12.2. The van der Waals surface area contributed by atoms with Gasteiger partial charge in [-0.2, -0.15) is 0 Å². The molecule has 0 spiro atoms. The first-order chi connectivity index (χ1) is 7.79. The van der Waals surface area contributed by atoms with Crippen molar-refractivity contribution >= 4 is 18.4 Å². The first-order valence-corrected chi connectivity index (χ1v) is 6.72. The fourth-order valence-corrected chi connectivity index (χ4v) is 3.20. The minimum atomic E-state index is -0.254. The summed E-state index contributed by atoms with van der Waals surface area (Å²) in [6.45, 7) is 4.57. The Labute approximate surface area is 110 Å². The minimum absolute atomic E-state index is 0. The molecule has 0 bridgehead atoms. The Balaban J connectivity index is 0.00000144. The van der Waals surface area contributed by atoms with E-state index in [4.69, 9.17) is 4.74 Å². The predicted octanol–water partition coefficient (Wildman–Crippen LogP) is 2.77. The van der Waals surface area contributed by atoms with Crippen molar-refractivity contribution in [2.24, 2.45) is 0 Å². The molecule has 100 valence electrons. The van der Waals surface area contributed by atoms with Crippen molar-refractivity contribution in [3.8, 4) is 0 Å². The number of rotatable bonds is 3. The van der Waals surface area contributed by atoms with Crippen LogP contribution in [0.15, 0.2) is 0 Å². The van der Waals surface area contributed by atoms with Crippen LogP contribution < -0.4 is 0 Å². The molecule has 0 aromatic carbocycles. The molecule has 0 N–H and O–H groups in total. The van der Waals surface area contributed by atoms with Crippen LogP contribution >= 0.6 is 12.4 Å². The van der Waals surface area contributed by atoms with E-state index >= 15 is 0 Å². The lowest BCUT2D eigenvalue weighted by Crippen LogP contribution is -2.55. The number of hydrogen-bond donors (Lipinski definition) is 0. The number of hydrogen-bond acceptors (Lipinski definition) is 3. The first kappa shape index (κ1) is 14.8. The molecule has 1 heterocycles. The maximum Gasteiger partial charge on any atom is 0.326 e. The maximum atomic E-state index is 12.2. The van der Waals surface area contributed by atoms with E-state index in [1.807, 2.05) is 6.92 Å². The molecule has 0 aromatic heterocycles. The average molecular weight is 262 g/mol. The summed E-state index contributed by atoms with van der Waals surface area (Å²) >= 11 is 0. The molecular weight excluding hydrogens is 238 g/mol. The van der Waals surface area contributed by atoms with Gasteiger partial charge in [0.1, 0.15) is 5.54 Å². The standard InChI is InChI=1S/C13H23NO2.ClH/c1-2-16-12(15)13(8-4-5-9-13)14-10-6-3-7-11-14;/h2-11H2,1H3;1H. The number of carbonyl (C=O) groups is 1. The Hall–Kier alpha value is -0.280. The summed E-state index contributed by atoms with van der Waals surface area (Å²) in [6.07, 6.45) is 8.15. The molecule has 1 saturated carbocycles. The SMILES string of the molecule is CCOC(=O)C1(N2CCCCC2)CCCC1.Cl. The number of ether oxygens (including phenoxy) is 1. The van der Waals surface area contributed by atoms with Gasteiger partial charge in [0.15, 0.2) is 0 Å². The van der Waals surface area contributed by atoms with Crippen molar-refractivity contribution in [1.82, 2.24) is 4.90 Å². The van der Waals surface area contributed by atoms with Crippen LogP contribution in [-0.2, 0) is 9.53 Å². The first-order valence-electron chi connectivity index (χ1n) is 6.72. The Morgan fingerprint density at radius 2 is 1.71 bits per heavy atom. The molecule has 0 unspecified atom stereocenters. The second kappa shape index (κ2) is 6.60. The van der Waals surface area contributed by atoms with Gasteiger partial charge in [-0.05, 0) is 45.7 Å². The van der Waals surface area contributed by atoms with Crippen molar-refractivity contribution in [2.45, 2.75) is 57.4 Å². The summed E-state index contributed by atoms with van der Waals surface area (Å²) in [6, 6.07) is 0. The van der Waals surface area contributed by atoms with Gasteiger partial charge in [-0.1, -0.05) is 19.3 Å². The van der Waals surface area contributed by atoms with Gasteiger partial charge in [-0.25, -0.2) is 0 Å². The molecule has 0 atom stereocenters. The van der Waals surface area contributed by atoms with E-state index in [1.165, 1.54) is 32.1 Å². The number of carbonyl (C=O) groups excluding carboxylic acids is 1. The Morgan fingerprint density at radius 3 is 2.24 bits per heavy atom. The van der Waals surface area contributed by atoms with Gasteiger partial charge in [0, 0.05) is 0 Å². The Bertz CT molecular complexity index is 246. The number of piperidine rings is 1. The average Bonchev–Trinajstić information content (AvgIpc) is 2.81. The predicted molar refractivity (Wildman–Crippen MR) is 70.5 cm³/mol. The summed E-state index contributed by atoms with van der Waals surface area (Å²) < 4.78 is 5.30. The third kappa shape index (κ3) is 2.94. The van der Waals surface area contributed by atoms with Gasteiger partial charge in [0.25, 0.3) is 0 Å².